The summed E-state index contributed by atoms with van der Waals surface area (Å²) in [4.78, 5) is 0. The van der Waals surface area contributed by atoms with E-state index in [1.54, 1.807) is 12.1 Å². The Morgan fingerprint density at radius 1 is 1.03 bits per heavy atom. The fourth-order valence-electron chi connectivity index (χ4n) is 4.16. The monoisotopic (exact) mass is 454 g/mol. The third-order valence-electron chi connectivity index (χ3n) is 5.83. The molecule has 1 aliphatic rings. The minimum Gasteiger partial charge on any atom is -0.462 e. The first-order valence-corrected chi connectivity index (χ1v) is 10.9. The predicted octanol–water partition coefficient (Wildman–Crippen LogP) is 8.19. The number of benzene rings is 2. The number of hydrogen-bond donors (Lipinski definition) is 0. The lowest BCUT2D eigenvalue weighted by atomic mass is 9.77. The van der Waals surface area contributed by atoms with Crippen molar-refractivity contribution >= 4 is 0 Å². The second kappa shape index (κ2) is 10.8. The summed E-state index contributed by atoms with van der Waals surface area (Å²) in [7, 11) is 0. The molecule has 32 heavy (non-hydrogen) atoms. The van der Waals surface area contributed by atoms with Crippen LogP contribution in [0.3, 0.4) is 0 Å². The van der Waals surface area contributed by atoms with Crippen LogP contribution in [-0.2, 0) is 6.11 Å². The van der Waals surface area contributed by atoms with Crippen LogP contribution in [0.5, 0.6) is 11.5 Å². The molecule has 0 aromatic heterocycles. The molecule has 7 heteroatoms. The zero-order valence-corrected chi connectivity index (χ0v) is 17.9. The van der Waals surface area contributed by atoms with Crippen molar-refractivity contribution in [2.45, 2.75) is 63.9 Å². The van der Waals surface area contributed by atoms with Crippen LogP contribution in [0.15, 0.2) is 54.8 Å². The number of hydrogen-bond acceptors (Lipinski definition) is 2. The molecular formula is C25H27F5O2. The molecule has 0 amide bonds. The van der Waals surface area contributed by atoms with E-state index >= 15 is 0 Å². The summed E-state index contributed by atoms with van der Waals surface area (Å²) < 4.78 is 76.8. The Hall–Kier alpha value is -2.57. The van der Waals surface area contributed by atoms with Crippen LogP contribution < -0.4 is 9.47 Å². The highest BCUT2D eigenvalue weighted by Gasteiger charge is 2.35. The highest BCUT2D eigenvalue weighted by molar-refractivity contribution is 5.35. The Balaban J connectivity index is 1.62. The minimum atomic E-state index is -3.66. The van der Waals surface area contributed by atoms with Crippen LogP contribution in [-0.4, -0.2) is 6.43 Å². The lowest BCUT2D eigenvalue weighted by molar-refractivity contribution is -0.185. The Morgan fingerprint density at radius 3 is 2.31 bits per heavy atom. The molecule has 0 heterocycles. The number of ether oxygens (including phenoxy) is 2. The van der Waals surface area contributed by atoms with Gasteiger partial charge in [-0.05, 0) is 67.3 Å². The maximum absolute atomic E-state index is 14.6. The van der Waals surface area contributed by atoms with E-state index in [9.17, 15) is 22.0 Å². The highest BCUT2D eigenvalue weighted by atomic mass is 19.3. The van der Waals surface area contributed by atoms with Crippen molar-refractivity contribution in [1.29, 1.82) is 0 Å². The Kier molecular flexibility index (Phi) is 8.15. The summed E-state index contributed by atoms with van der Waals surface area (Å²) in [5.74, 6) is -0.643. The van der Waals surface area contributed by atoms with Crippen molar-refractivity contribution < 1.29 is 31.4 Å². The van der Waals surface area contributed by atoms with Gasteiger partial charge in [0.05, 0.1) is 11.8 Å². The van der Waals surface area contributed by atoms with Gasteiger partial charge in [0, 0.05) is 12.1 Å². The molecule has 2 aromatic carbocycles. The highest BCUT2D eigenvalue weighted by Crippen LogP contribution is 2.39. The third-order valence-corrected chi connectivity index (χ3v) is 5.83. The van der Waals surface area contributed by atoms with E-state index < -0.39 is 24.1 Å². The van der Waals surface area contributed by atoms with Gasteiger partial charge in [0.15, 0.2) is 11.6 Å². The fraction of sp³-hybridized carbons (Fsp3) is 0.440. The van der Waals surface area contributed by atoms with Gasteiger partial charge in [0.2, 0.25) is 0 Å². The summed E-state index contributed by atoms with van der Waals surface area (Å²) >= 11 is 0. The molecule has 1 fully saturated rings. The second-order valence-corrected chi connectivity index (χ2v) is 8.12. The van der Waals surface area contributed by atoms with Crippen molar-refractivity contribution in [3.8, 4) is 11.5 Å². The van der Waals surface area contributed by atoms with Gasteiger partial charge in [0.25, 0.3) is 6.43 Å². The predicted molar refractivity (Wildman–Crippen MR) is 113 cm³/mol. The summed E-state index contributed by atoms with van der Waals surface area (Å²) in [5, 5.41) is 0. The molecule has 0 bridgehead atoms. The van der Waals surface area contributed by atoms with Crippen molar-refractivity contribution in [2.24, 2.45) is 5.92 Å². The largest absolute Gasteiger partial charge is 0.462 e. The third kappa shape index (κ3) is 6.47. The molecule has 0 unspecified atom stereocenters. The number of alkyl halides is 4. The summed E-state index contributed by atoms with van der Waals surface area (Å²) in [6.45, 7) is 2.19. The first-order valence-electron chi connectivity index (χ1n) is 10.9. The van der Waals surface area contributed by atoms with E-state index in [0.29, 0.717) is 18.3 Å². The Morgan fingerprint density at radius 2 is 1.72 bits per heavy atom. The SMILES string of the molecule is CCCC1CCC(c2ccc(C(F)(F)Oc3ccc(OC=CC(F)F)c(F)c3)cc2)CC1. The smallest absolute Gasteiger partial charge is 0.426 e. The molecule has 2 nitrogen and oxygen atoms in total. The van der Waals surface area contributed by atoms with Gasteiger partial charge < -0.3 is 9.47 Å². The molecule has 0 aliphatic heterocycles. The van der Waals surface area contributed by atoms with Crippen LogP contribution in [0.4, 0.5) is 22.0 Å². The maximum Gasteiger partial charge on any atom is 0.426 e. The van der Waals surface area contributed by atoms with Gasteiger partial charge in [-0.1, -0.05) is 31.9 Å². The molecule has 0 atom stereocenters. The van der Waals surface area contributed by atoms with Crippen LogP contribution >= 0.6 is 0 Å². The number of allylic oxidation sites excluding steroid dienone is 1. The van der Waals surface area contributed by atoms with Gasteiger partial charge in [0.1, 0.15) is 5.75 Å². The fourth-order valence-corrected chi connectivity index (χ4v) is 4.16. The van der Waals surface area contributed by atoms with Gasteiger partial charge in [-0.25, -0.2) is 13.2 Å². The summed E-state index contributed by atoms with van der Waals surface area (Å²) in [5.41, 5.74) is 0.713. The first kappa shape index (κ1) is 24.1. The summed E-state index contributed by atoms with van der Waals surface area (Å²) in [6, 6.07) is 8.96. The lowest BCUT2D eigenvalue weighted by Crippen LogP contribution is -2.22. The Bertz CT molecular complexity index is 888. The van der Waals surface area contributed by atoms with E-state index in [-0.39, 0.29) is 11.3 Å². The van der Waals surface area contributed by atoms with E-state index in [1.165, 1.54) is 37.8 Å². The van der Waals surface area contributed by atoms with Gasteiger partial charge in [-0.2, -0.15) is 8.78 Å². The molecule has 0 spiro atoms. The second-order valence-electron chi connectivity index (χ2n) is 8.12. The molecule has 0 saturated heterocycles. The molecule has 2 aromatic rings. The van der Waals surface area contributed by atoms with E-state index in [2.05, 4.69) is 6.92 Å². The van der Waals surface area contributed by atoms with Gasteiger partial charge >= 0.3 is 6.11 Å². The van der Waals surface area contributed by atoms with Crippen LogP contribution in [0.1, 0.15) is 62.5 Å². The molecule has 1 aliphatic carbocycles. The van der Waals surface area contributed by atoms with E-state index in [1.807, 2.05) is 0 Å². The molecule has 3 rings (SSSR count). The normalized spacial score (nSPS) is 19.5. The summed E-state index contributed by atoms with van der Waals surface area (Å²) in [6.07, 6.45) is 1.56. The van der Waals surface area contributed by atoms with Gasteiger partial charge in [-0.15, -0.1) is 0 Å². The van der Waals surface area contributed by atoms with E-state index in [0.717, 1.165) is 42.5 Å². The standard InChI is InChI=1S/C25H27F5O2/c1-2-3-17-4-6-18(7-5-17)19-8-10-20(11-9-19)25(29,30)32-21-12-13-23(22(26)16-21)31-15-14-24(27)28/h8-18,24H,2-7H2,1H3. The van der Waals surface area contributed by atoms with Crippen molar-refractivity contribution in [1.82, 2.24) is 0 Å². The number of halogens is 5. The topological polar surface area (TPSA) is 18.5 Å². The molecule has 174 valence electrons. The quantitative estimate of drug-likeness (QED) is 0.281. The molecule has 0 radical (unpaired) electrons. The Labute approximate surface area is 185 Å². The molecule has 1 saturated carbocycles. The van der Waals surface area contributed by atoms with Crippen LogP contribution in [0.25, 0.3) is 0 Å². The maximum atomic E-state index is 14.6. The van der Waals surface area contributed by atoms with Crippen LogP contribution in [0.2, 0.25) is 0 Å². The minimum absolute atomic E-state index is 0.332. The van der Waals surface area contributed by atoms with Crippen molar-refractivity contribution in [3.05, 3.63) is 71.7 Å². The molecular weight excluding hydrogens is 427 g/mol. The van der Waals surface area contributed by atoms with E-state index in [4.69, 9.17) is 9.47 Å². The molecule has 0 N–H and O–H groups in total. The van der Waals surface area contributed by atoms with Crippen LogP contribution in [0, 0.1) is 11.7 Å². The van der Waals surface area contributed by atoms with Crippen molar-refractivity contribution in [2.75, 3.05) is 0 Å². The average molecular weight is 454 g/mol. The zero-order chi connectivity index (χ0) is 23.1. The number of rotatable bonds is 9. The van der Waals surface area contributed by atoms with Gasteiger partial charge in [-0.3, -0.25) is 0 Å². The first-order chi connectivity index (χ1) is 15.3. The van der Waals surface area contributed by atoms with Crippen molar-refractivity contribution in [3.63, 3.8) is 0 Å². The average Bonchev–Trinajstić information content (AvgIpc) is 2.76. The zero-order valence-electron chi connectivity index (χ0n) is 17.9. The lowest BCUT2D eigenvalue weighted by Gasteiger charge is -2.29.